The Hall–Kier alpha value is -1.58. The summed E-state index contributed by atoms with van der Waals surface area (Å²) < 4.78 is 1.95. The van der Waals surface area contributed by atoms with Gasteiger partial charge in [0.05, 0.1) is 11.6 Å². The van der Waals surface area contributed by atoms with Crippen LogP contribution in [0.2, 0.25) is 0 Å². The molecule has 0 aliphatic carbocycles. The van der Waals surface area contributed by atoms with Crippen LogP contribution in [-0.2, 0) is 6.54 Å². The van der Waals surface area contributed by atoms with Crippen LogP contribution in [-0.4, -0.2) is 21.3 Å². The number of nitrogens with one attached hydrogen (secondary N) is 1. The summed E-state index contributed by atoms with van der Waals surface area (Å²) in [5.41, 5.74) is 2.08. The van der Waals surface area contributed by atoms with Gasteiger partial charge in [-0.25, -0.2) is 9.67 Å². The fourth-order valence-electron chi connectivity index (χ4n) is 1.70. The Morgan fingerprint density at radius 2 is 2.27 bits per heavy atom. The van der Waals surface area contributed by atoms with Gasteiger partial charge in [-0.2, -0.15) is 5.10 Å². The van der Waals surface area contributed by atoms with Crippen molar-refractivity contribution in [3.8, 4) is 0 Å². The molecule has 2 aromatic rings. The van der Waals surface area contributed by atoms with E-state index in [-0.39, 0.29) is 0 Å². The molecule has 0 aliphatic heterocycles. The standard InChI is InChI=1S/C11H16N4/c1-3-7-15-11-9(8-14-15)10(12-4-2)5-6-13-11/h5-6,8H,3-4,7H2,1-2H3,(H,12,13). The Labute approximate surface area is 89.3 Å². The first-order valence-electron chi connectivity index (χ1n) is 5.41. The summed E-state index contributed by atoms with van der Waals surface area (Å²) in [6.45, 7) is 6.06. The van der Waals surface area contributed by atoms with Gasteiger partial charge in [-0.05, 0) is 19.4 Å². The monoisotopic (exact) mass is 204 g/mol. The van der Waals surface area contributed by atoms with Crippen LogP contribution < -0.4 is 5.32 Å². The smallest absolute Gasteiger partial charge is 0.159 e. The highest BCUT2D eigenvalue weighted by molar-refractivity contribution is 5.88. The van der Waals surface area contributed by atoms with E-state index < -0.39 is 0 Å². The molecule has 0 atom stereocenters. The van der Waals surface area contributed by atoms with Crippen molar-refractivity contribution in [2.75, 3.05) is 11.9 Å². The van der Waals surface area contributed by atoms with Gasteiger partial charge < -0.3 is 5.32 Å². The quantitative estimate of drug-likeness (QED) is 0.830. The second kappa shape index (κ2) is 4.29. The molecular formula is C11H16N4. The fourth-order valence-corrected chi connectivity index (χ4v) is 1.70. The molecule has 0 fully saturated rings. The van der Waals surface area contributed by atoms with E-state index in [2.05, 4.69) is 29.2 Å². The highest BCUT2D eigenvalue weighted by atomic mass is 15.3. The normalized spacial score (nSPS) is 10.8. The van der Waals surface area contributed by atoms with Crippen molar-refractivity contribution in [2.24, 2.45) is 0 Å². The molecule has 2 aromatic heterocycles. The first kappa shape index (κ1) is 9.96. The van der Waals surface area contributed by atoms with Crippen molar-refractivity contribution in [1.29, 1.82) is 0 Å². The van der Waals surface area contributed by atoms with Crippen molar-refractivity contribution < 1.29 is 0 Å². The van der Waals surface area contributed by atoms with Gasteiger partial charge in [-0.3, -0.25) is 0 Å². The Morgan fingerprint density at radius 1 is 1.40 bits per heavy atom. The van der Waals surface area contributed by atoms with Crippen molar-refractivity contribution in [1.82, 2.24) is 14.8 Å². The highest BCUT2D eigenvalue weighted by Gasteiger charge is 2.06. The van der Waals surface area contributed by atoms with Crippen LogP contribution >= 0.6 is 0 Å². The van der Waals surface area contributed by atoms with Gasteiger partial charge in [0, 0.05) is 25.0 Å². The molecule has 4 nitrogen and oxygen atoms in total. The van der Waals surface area contributed by atoms with Gasteiger partial charge in [-0.1, -0.05) is 6.92 Å². The first-order chi connectivity index (χ1) is 7.36. The Morgan fingerprint density at radius 3 is 3.00 bits per heavy atom. The first-order valence-corrected chi connectivity index (χ1v) is 5.41. The molecule has 0 spiro atoms. The highest BCUT2D eigenvalue weighted by Crippen LogP contribution is 2.20. The molecule has 0 aliphatic rings. The third kappa shape index (κ3) is 1.79. The van der Waals surface area contributed by atoms with E-state index in [4.69, 9.17) is 0 Å². The minimum Gasteiger partial charge on any atom is -0.385 e. The van der Waals surface area contributed by atoms with Crippen molar-refractivity contribution in [2.45, 2.75) is 26.8 Å². The molecule has 0 amide bonds. The largest absolute Gasteiger partial charge is 0.385 e. The maximum atomic E-state index is 4.36. The van der Waals surface area contributed by atoms with Gasteiger partial charge in [0.15, 0.2) is 5.65 Å². The lowest BCUT2D eigenvalue weighted by Gasteiger charge is -2.04. The van der Waals surface area contributed by atoms with Crippen LogP contribution in [0.1, 0.15) is 20.3 Å². The summed E-state index contributed by atoms with van der Waals surface area (Å²) in [7, 11) is 0. The van der Waals surface area contributed by atoms with Gasteiger partial charge in [0.25, 0.3) is 0 Å². The predicted octanol–water partition coefficient (Wildman–Crippen LogP) is 2.27. The lowest BCUT2D eigenvalue weighted by atomic mass is 10.3. The molecule has 2 heterocycles. The minimum atomic E-state index is 0.915. The van der Waals surface area contributed by atoms with Gasteiger partial charge >= 0.3 is 0 Å². The molecule has 0 saturated heterocycles. The number of anilines is 1. The topological polar surface area (TPSA) is 42.7 Å². The summed E-state index contributed by atoms with van der Waals surface area (Å²) in [6, 6.07) is 1.99. The molecule has 15 heavy (non-hydrogen) atoms. The van der Waals surface area contributed by atoms with Crippen LogP contribution in [0.25, 0.3) is 11.0 Å². The van der Waals surface area contributed by atoms with Crippen LogP contribution in [0, 0.1) is 0 Å². The molecule has 0 bridgehead atoms. The van der Waals surface area contributed by atoms with Crippen LogP contribution in [0.4, 0.5) is 5.69 Å². The Kier molecular flexibility index (Phi) is 2.85. The van der Waals surface area contributed by atoms with E-state index in [9.17, 15) is 0 Å². The maximum Gasteiger partial charge on any atom is 0.159 e. The second-order valence-corrected chi connectivity index (χ2v) is 3.49. The summed E-state index contributed by atoms with van der Waals surface area (Å²) >= 11 is 0. The number of hydrogen-bond acceptors (Lipinski definition) is 3. The average Bonchev–Trinajstić information content (AvgIpc) is 2.64. The zero-order valence-corrected chi connectivity index (χ0v) is 9.20. The SMILES string of the molecule is CCCn1ncc2c(NCC)ccnc21. The zero-order valence-electron chi connectivity index (χ0n) is 9.20. The lowest BCUT2D eigenvalue weighted by Crippen LogP contribution is -2.01. The van der Waals surface area contributed by atoms with Crippen LogP contribution in [0.5, 0.6) is 0 Å². The summed E-state index contributed by atoms with van der Waals surface area (Å²) in [4.78, 5) is 4.36. The third-order valence-electron chi connectivity index (χ3n) is 2.34. The van der Waals surface area contributed by atoms with Crippen LogP contribution in [0.3, 0.4) is 0 Å². The Bertz CT molecular complexity index is 447. The zero-order chi connectivity index (χ0) is 10.7. The number of aryl methyl sites for hydroxylation is 1. The molecular weight excluding hydrogens is 188 g/mol. The molecule has 80 valence electrons. The van der Waals surface area contributed by atoms with E-state index in [0.29, 0.717) is 0 Å². The molecule has 0 saturated carbocycles. The molecule has 4 heteroatoms. The number of pyridine rings is 1. The third-order valence-corrected chi connectivity index (χ3v) is 2.34. The van der Waals surface area contributed by atoms with Gasteiger partial charge in [0.2, 0.25) is 0 Å². The number of rotatable bonds is 4. The molecule has 0 aromatic carbocycles. The van der Waals surface area contributed by atoms with E-state index in [1.807, 2.05) is 23.1 Å². The van der Waals surface area contributed by atoms with Gasteiger partial charge in [-0.15, -0.1) is 0 Å². The van der Waals surface area contributed by atoms with Crippen molar-refractivity contribution in [3.63, 3.8) is 0 Å². The van der Waals surface area contributed by atoms with E-state index in [1.165, 1.54) is 0 Å². The number of aromatic nitrogens is 3. The number of hydrogen-bond donors (Lipinski definition) is 1. The predicted molar refractivity (Wildman–Crippen MR) is 62.0 cm³/mol. The number of fused-ring (bicyclic) bond motifs is 1. The van der Waals surface area contributed by atoms with E-state index in [1.54, 1.807) is 0 Å². The van der Waals surface area contributed by atoms with Crippen LogP contribution in [0.15, 0.2) is 18.5 Å². The summed E-state index contributed by atoms with van der Waals surface area (Å²) in [5, 5.41) is 8.76. The second-order valence-electron chi connectivity index (χ2n) is 3.49. The Balaban J connectivity index is 2.48. The fraction of sp³-hybridized carbons (Fsp3) is 0.455. The molecule has 0 unspecified atom stereocenters. The lowest BCUT2D eigenvalue weighted by molar-refractivity contribution is 0.617. The van der Waals surface area contributed by atoms with Crippen molar-refractivity contribution in [3.05, 3.63) is 18.5 Å². The van der Waals surface area contributed by atoms with Gasteiger partial charge in [0.1, 0.15) is 0 Å². The van der Waals surface area contributed by atoms with E-state index in [0.717, 1.165) is 36.2 Å². The summed E-state index contributed by atoms with van der Waals surface area (Å²) in [6.07, 6.45) is 4.79. The maximum absolute atomic E-state index is 4.36. The molecule has 1 N–H and O–H groups in total. The molecule has 0 radical (unpaired) electrons. The number of nitrogens with zero attached hydrogens (tertiary/aromatic N) is 3. The van der Waals surface area contributed by atoms with E-state index >= 15 is 0 Å². The summed E-state index contributed by atoms with van der Waals surface area (Å²) in [5.74, 6) is 0. The minimum absolute atomic E-state index is 0.915. The van der Waals surface area contributed by atoms with Crippen molar-refractivity contribution >= 4 is 16.7 Å². The average molecular weight is 204 g/mol. The molecule has 2 rings (SSSR count).